The van der Waals surface area contributed by atoms with Crippen LogP contribution in [0.15, 0.2) is 0 Å². The first-order valence-corrected chi connectivity index (χ1v) is 19.8. The van der Waals surface area contributed by atoms with Crippen molar-refractivity contribution in [1.29, 1.82) is 0 Å². The molecule has 4 nitrogen and oxygen atoms in total. The van der Waals surface area contributed by atoms with Crippen LogP contribution in [0, 0.1) is 0 Å². The van der Waals surface area contributed by atoms with Crippen LogP contribution < -0.4 is 0 Å². The van der Waals surface area contributed by atoms with Crippen LogP contribution >= 0.6 is 181 Å². The number of methoxy groups -OCH3 is 1. The lowest BCUT2D eigenvalue weighted by Gasteiger charge is -2.66. The van der Waals surface area contributed by atoms with Crippen molar-refractivity contribution in [1.82, 2.24) is 0 Å². The Morgan fingerprint density at radius 1 is 0.941 bits per heavy atom. The molecule has 0 aromatic rings. The lowest BCUT2D eigenvalue weighted by Crippen LogP contribution is -2.78. The third kappa shape index (κ3) is 6.03. The van der Waals surface area contributed by atoms with E-state index in [0.717, 1.165) is 6.42 Å². The maximum atomic E-state index is 11.6. The predicted octanol–water partition coefficient (Wildman–Crippen LogP) is 8.65. The van der Waals surface area contributed by atoms with Crippen LogP contribution in [0.1, 0.15) is 61.8 Å². The van der Waals surface area contributed by atoms with Gasteiger partial charge in [-0.15, -0.1) is 0 Å². The van der Waals surface area contributed by atoms with Crippen molar-refractivity contribution in [2.75, 3.05) is 13.7 Å². The molecule has 1 heterocycles. The molecule has 1 rings (SSSR count). The normalized spacial score (nSPS) is 37.3. The van der Waals surface area contributed by atoms with Gasteiger partial charge in [0.1, 0.15) is 5.60 Å². The molecule has 10 atom stereocenters. The van der Waals surface area contributed by atoms with Crippen molar-refractivity contribution < 1.29 is 19.7 Å². The van der Waals surface area contributed by atoms with Gasteiger partial charge < -0.3 is 19.7 Å². The Morgan fingerprint density at radius 2 is 1.38 bits per heavy atom. The number of alkyl halides is 8. The molecule has 12 heteroatoms. The van der Waals surface area contributed by atoms with Gasteiger partial charge in [0.05, 0.1) is 33.7 Å². The molecule has 34 heavy (non-hydrogen) atoms. The van der Waals surface area contributed by atoms with Gasteiger partial charge in [-0.05, 0) is 54.9 Å². The van der Waals surface area contributed by atoms with E-state index in [-0.39, 0.29) is 23.2 Å². The van der Waals surface area contributed by atoms with Crippen molar-refractivity contribution in [2.24, 2.45) is 0 Å². The van der Waals surface area contributed by atoms with Gasteiger partial charge in [-0.3, -0.25) is 0 Å². The SMILES string of the molecule is COC(O)(C(I)C(C)(I)[C@@](C)(I)C(C)(I)C1(I)C[C@@H](C)OCC1(I)C(C)(I)C(C)I)C(C)(C)O. The van der Waals surface area contributed by atoms with Crippen LogP contribution in [-0.4, -0.2) is 69.8 Å². The Bertz CT molecular complexity index is 739. The van der Waals surface area contributed by atoms with E-state index >= 15 is 0 Å². The lowest BCUT2D eigenvalue weighted by atomic mass is 9.65. The fourth-order valence-electron chi connectivity index (χ4n) is 4.50. The maximum Gasteiger partial charge on any atom is 0.207 e. The van der Waals surface area contributed by atoms with Crippen molar-refractivity contribution in [3.05, 3.63) is 0 Å². The van der Waals surface area contributed by atoms with Crippen LogP contribution in [0.25, 0.3) is 0 Å². The van der Waals surface area contributed by atoms with Crippen molar-refractivity contribution in [3.8, 4) is 0 Å². The van der Waals surface area contributed by atoms with E-state index in [1.165, 1.54) is 7.11 Å². The number of halogens is 8. The minimum absolute atomic E-state index is 0.0296. The zero-order valence-electron chi connectivity index (χ0n) is 20.9. The number of hydrogen-bond donors (Lipinski definition) is 2. The first kappa shape index (κ1) is 37.7. The monoisotopic (exact) mass is 1380 g/mol. The summed E-state index contributed by atoms with van der Waals surface area (Å²) in [6.07, 6.45) is 1.08. The summed E-state index contributed by atoms with van der Waals surface area (Å²) in [5, 5.41) is 22.5. The van der Waals surface area contributed by atoms with E-state index in [4.69, 9.17) is 9.47 Å². The second kappa shape index (κ2) is 12.4. The molecule has 0 spiro atoms. The molecule has 1 aliphatic heterocycles. The highest BCUT2D eigenvalue weighted by Crippen LogP contribution is 2.69. The fraction of sp³-hybridized carbons (Fsp3) is 1.00. The van der Waals surface area contributed by atoms with Crippen LogP contribution in [-0.2, 0) is 9.47 Å². The summed E-state index contributed by atoms with van der Waals surface area (Å²) in [5.41, 5.74) is -1.44. The highest BCUT2D eigenvalue weighted by molar-refractivity contribution is 14.1. The molecule has 0 bridgehead atoms. The Morgan fingerprint density at radius 3 is 1.74 bits per heavy atom. The highest BCUT2D eigenvalue weighted by Gasteiger charge is 2.74. The Hall–Kier alpha value is 5.68. The van der Waals surface area contributed by atoms with E-state index in [1.54, 1.807) is 13.8 Å². The molecule has 8 unspecified atom stereocenters. The molecule has 2 N–H and O–H groups in total. The smallest absolute Gasteiger partial charge is 0.207 e. The average molecular weight is 1380 g/mol. The summed E-state index contributed by atoms with van der Waals surface area (Å²) in [6, 6.07) is 0. The minimum atomic E-state index is -1.72. The molecule has 0 aromatic carbocycles. The van der Waals surface area contributed by atoms with Crippen LogP contribution in [0.4, 0.5) is 0 Å². The summed E-state index contributed by atoms with van der Waals surface area (Å²) in [4.78, 5) is 0. The molecule has 0 amide bonds. The molecule has 0 aromatic heterocycles. The Kier molecular flexibility index (Phi) is 13.7. The summed E-state index contributed by atoms with van der Waals surface area (Å²) in [5.74, 6) is -1.72. The molecular formula is C22H36I8O4. The van der Waals surface area contributed by atoms with E-state index in [2.05, 4.69) is 222 Å². The van der Waals surface area contributed by atoms with Crippen LogP contribution in [0.3, 0.4) is 0 Å². The zero-order chi connectivity index (χ0) is 27.6. The first-order chi connectivity index (χ1) is 14.8. The summed E-state index contributed by atoms with van der Waals surface area (Å²) in [6.45, 7) is 17.6. The van der Waals surface area contributed by atoms with Crippen molar-refractivity contribution >= 4 is 181 Å². The van der Waals surface area contributed by atoms with Gasteiger partial charge in [-0.1, -0.05) is 188 Å². The van der Waals surface area contributed by atoms with Gasteiger partial charge in [0.2, 0.25) is 5.79 Å². The fourth-order valence-corrected chi connectivity index (χ4v) is 16.8. The van der Waals surface area contributed by atoms with Gasteiger partial charge in [0.15, 0.2) is 0 Å². The molecular weight excluding hydrogens is 1340 g/mol. The molecule has 0 aliphatic carbocycles. The zero-order valence-corrected chi connectivity index (χ0v) is 38.1. The van der Waals surface area contributed by atoms with Gasteiger partial charge in [-0.2, -0.15) is 0 Å². The summed E-state index contributed by atoms with van der Waals surface area (Å²) < 4.78 is 10.6. The van der Waals surface area contributed by atoms with Crippen LogP contribution in [0.2, 0.25) is 0 Å². The third-order valence-corrected chi connectivity index (χ3v) is 31.3. The number of hydrogen-bond acceptors (Lipinski definition) is 4. The first-order valence-electron chi connectivity index (χ1n) is 10.8. The lowest BCUT2D eigenvalue weighted by molar-refractivity contribution is -0.276. The topological polar surface area (TPSA) is 58.9 Å². The average Bonchev–Trinajstić information content (AvgIpc) is 2.67. The molecule has 0 radical (unpaired) electrons. The summed E-state index contributed by atoms with van der Waals surface area (Å²) in [7, 11) is 1.48. The number of rotatable bonds is 9. The molecule has 1 saturated heterocycles. The number of ether oxygens (including phenoxy) is 2. The minimum Gasteiger partial charge on any atom is -0.385 e. The standard InChI is InChI=1S/C22H36I8O4/c1-12-10-20(29,21(30,11-34-12)16(5,25)13(2)23)19(8,28)18(7,27)17(6,26)14(24)22(32,33-9)15(3,4)31/h12-14,31-32H,10-11H2,1-9H3/t12-,13?,14?,16?,17?,18-,19?,20?,21?,22?/m1/s1. The van der Waals surface area contributed by atoms with E-state index in [0.29, 0.717) is 10.5 Å². The van der Waals surface area contributed by atoms with Gasteiger partial charge >= 0.3 is 0 Å². The Balaban J connectivity index is 3.82. The van der Waals surface area contributed by atoms with Crippen molar-refractivity contribution in [3.63, 3.8) is 0 Å². The quantitative estimate of drug-likeness (QED) is 0.138. The van der Waals surface area contributed by atoms with Crippen LogP contribution in [0.5, 0.6) is 0 Å². The van der Waals surface area contributed by atoms with Gasteiger partial charge in [0.25, 0.3) is 0 Å². The van der Waals surface area contributed by atoms with Crippen molar-refractivity contribution in [2.45, 2.75) is 108 Å². The van der Waals surface area contributed by atoms with E-state index in [9.17, 15) is 10.2 Å². The molecule has 0 saturated carbocycles. The molecule has 1 fully saturated rings. The maximum absolute atomic E-state index is 11.6. The summed E-state index contributed by atoms with van der Waals surface area (Å²) >= 11 is 20.8. The predicted molar refractivity (Wildman–Crippen MR) is 213 cm³/mol. The second-order valence-corrected chi connectivity index (χ2v) is 26.1. The van der Waals surface area contributed by atoms with E-state index in [1.807, 2.05) is 0 Å². The van der Waals surface area contributed by atoms with Gasteiger partial charge in [-0.25, -0.2) is 0 Å². The molecule has 204 valence electrons. The highest BCUT2D eigenvalue weighted by atomic mass is 127. The van der Waals surface area contributed by atoms with Gasteiger partial charge in [0, 0.05) is 14.5 Å². The Labute approximate surface area is 315 Å². The third-order valence-electron chi connectivity index (χ3n) is 7.84. The van der Waals surface area contributed by atoms with E-state index < -0.39 is 18.7 Å². The largest absolute Gasteiger partial charge is 0.385 e. The second-order valence-electron chi connectivity index (χ2n) is 10.5. The number of aliphatic hydroxyl groups is 2. The molecule has 1 aliphatic rings.